The maximum atomic E-state index is 12.9. The molecule has 0 aliphatic carbocycles. The lowest BCUT2D eigenvalue weighted by Gasteiger charge is -2.34. The fourth-order valence-electron chi connectivity index (χ4n) is 4.82. The highest BCUT2D eigenvalue weighted by Crippen LogP contribution is 2.34. The maximum Gasteiger partial charge on any atom is 0.222 e. The van der Waals surface area contributed by atoms with Crippen molar-refractivity contribution in [1.29, 1.82) is 0 Å². The van der Waals surface area contributed by atoms with E-state index in [4.69, 9.17) is 9.47 Å². The Morgan fingerprint density at radius 3 is 2.65 bits per heavy atom. The normalized spacial score (nSPS) is 23.4. The molecule has 2 fully saturated rings. The molecule has 3 rings (SSSR count). The van der Waals surface area contributed by atoms with Crippen molar-refractivity contribution in [3.8, 4) is 11.5 Å². The van der Waals surface area contributed by atoms with Crippen molar-refractivity contribution < 1.29 is 23.9 Å². The summed E-state index contributed by atoms with van der Waals surface area (Å²) in [5, 5.41) is 3.14. The van der Waals surface area contributed by atoms with Crippen LogP contribution >= 0.6 is 0 Å². The SMILES string of the molecule is CCC(=O)[C@H]1CCCN(C(=O)CC[C@]2(Cc3ccc(OC)c(OC)c3)CCC(=O)N2)C1. The van der Waals surface area contributed by atoms with E-state index in [1.54, 1.807) is 14.2 Å². The first-order chi connectivity index (χ1) is 14.9. The van der Waals surface area contributed by atoms with E-state index < -0.39 is 5.54 Å². The summed E-state index contributed by atoms with van der Waals surface area (Å²) in [7, 11) is 3.20. The summed E-state index contributed by atoms with van der Waals surface area (Å²) < 4.78 is 10.7. The van der Waals surface area contributed by atoms with Gasteiger partial charge < -0.3 is 19.7 Å². The average Bonchev–Trinajstić information content (AvgIpc) is 3.17. The summed E-state index contributed by atoms with van der Waals surface area (Å²) in [4.78, 5) is 38.9. The van der Waals surface area contributed by atoms with Crippen LogP contribution in [0.2, 0.25) is 0 Å². The van der Waals surface area contributed by atoms with Gasteiger partial charge in [0.2, 0.25) is 11.8 Å². The zero-order valence-electron chi connectivity index (χ0n) is 18.9. The summed E-state index contributed by atoms with van der Waals surface area (Å²) in [6.07, 6.45) is 5.00. The van der Waals surface area contributed by atoms with Gasteiger partial charge in [-0.1, -0.05) is 13.0 Å². The minimum absolute atomic E-state index is 0.0273. The van der Waals surface area contributed by atoms with Crippen LogP contribution < -0.4 is 14.8 Å². The number of ether oxygens (including phenoxy) is 2. The van der Waals surface area contributed by atoms with Crippen molar-refractivity contribution >= 4 is 17.6 Å². The summed E-state index contributed by atoms with van der Waals surface area (Å²) in [5.41, 5.74) is 0.583. The highest BCUT2D eigenvalue weighted by molar-refractivity contribution is 5.83. The number of methoxy groups -OCH3 is 2. The summed E-state index contributed by atoms with van der Waals surface area (Å²) >= 11 is 0. The number of rotatable bonds is 9. The number of amides is 2. The minimum atomic E-state index is -0.444. The van der Waals surface area contributed by atoms with Gasteiger partial charge in [-0.2, -0.15) is 0 Å². The second-order valence-corrected chi connectivity index (χ2v) is 8.69. The molecule has 2 heterocycles. The molecule has 0 saturated carbocycles. The zero-order chi connectivity index (χ0) is 22.4. The smallest absolute Gasteiger partial charge is 0.222 e. The monoisotopic (exact) mass is 430 g/mol. The summed E-state index contributed by atoms with van der Waals surface area (Å²) in [6.45, 7) is 3.12. The first kappa shape index (κ1) is 23.1. The van der Waals surface area contributed by atoms with E-state index in [1.807, 2.05) is 30.0 Å². The van der Waals surface area contributed by atoms with Crippen LogP contribution in [0.4, 0.5) is 0 Å². The molecule has 2 aliphatic rings. The van der Waals surface area contributed by atoms with Crippen molar-refractivity contribution in [2.45, 2.75) is 63.8 Å². The maximum absolute atomic E-state index is 12.9. The Bertz CT molecular complexity index is 824. The molecule has 1 N–H and O–H groups in total. The van der Waals surface area contributed by atoms with Crippen LogP contribution in [0.25, 0.3) is 0 Å². The Labute approximate surface area is 184 Å². The van der Waals surface area contributed by atoms with Gasteiger partial charge in [-0.3, -0.25) is 14.4 Å². The van der Waals surface area contributed by atoms with Gasteiger partial charge >= 0.3 is 0 Å². The van der Waals surface area contributed by atoms with Gasteiger partial charge in [-0.05, 0) is 49.8 Å². The molecule has 2 aliphatic heterocycles. The number of piperidine rings is 1. The first-order valence-electron chi connectivity index (χ1n) is 11.2. The number of ketones is 1. The number of benzene rings is 1. The number of likely N-dealkylation sites (tertiary alicyclic amines) is 1. The Hall–Kier alpha value is -2.57. The molecule has 31 heavy (non-hydrogen) atoms. The summed E-state index contributed by atoms with van der Waals surface area (Å²) in [6, 6.07) is 5.77. The van der Waals surface area contributed by atoms with Gasteiger partial charge in [0.05, 0.1) is 14.2 Å². The predicted octanol–water partition coefficient (Wildman–Crippen LogP) is 2.89. The van der Waals surface area contributed by atoms with E-state index in [1.165, 1.54) is 0 Å². The highest BCUT2D eigenvalue weighted by atomic mass is 16.5. The van der Waals surface area contributed by atoms with E-state index in [0.29, 0.717) is 63.1 Å². The number of hydrogen-bond acceptors (Lipinski definition) is 5. The molecule has 7 nitrogen and oxygen atoms in total. The molecule has 1 aromatic rings. The molecular formula is C24H34N2O5. The van der Waals surface area contributed by atoms with Gasteiger partial charge in [0, 0.05) is 43.8 Å². The number of nitrogens with one attached hydrogen (secondary N) is 1. The van der Waals surface area contributed by atoms with E-state index in [0.717, 1.165) is 18.4 Å². The van der Waals surface area contributed by atoms with E-state index in [-0.39, 0.29) is 23.5 Å². The van der Waals surface area contributed by atoms with Crippen molar-refractivity contribution in [3.63, 3.8) is 0 Å². The highest BCUT2D eigenvalue weighted by Gasteiger charge is 2.39. The molecule has 0 radical (unpaired) electrons. The Balaban J connectivity index is 1.67. The zero-order valence-corrected chi connectivity index (χ0v) is 18.9. The third kappa shape index (κ3) is 5.57. The topological polar surface area (TPSA) is 84.9 Å². The lowest BCUT2D eigenvalue weighted by atomic mass is 9.84. The molecule has 0 unspecified atom stereocenters. The standard InChI is InChI=1S/C24H34N2O5/c1-4-19(27)18-6-5-13-26(16-18)23(29)10-12-24(11-9-22(28)25-24)15-17-7-8-20(30-2)21(14-17)31-3/h7-8,14,18H,4-6,9-13,15-16H2,1-3H3,(H,25,28)/t18-,24-/m0/s1. The molecule has 2 saturated heterocycles. The van der Waals surface area contributed by atoms with Gasteiger partial charge in [0.1, 0.15) is 5.78 Å². The molecule has 0 bridgehead atoms. The van der Waals surface area contributed by atoms with Crippen molar-refractivity contribution in [1.82, 2.24) is 10.2 Å². The predicted molar refractivity (Wildman–Crippen MR) is 117 cm³/mol. The second kappa shape index (κ2) is 10.2. The van der Waals surface area contributed by atoms with E-state index in [2.05, 4.69) is 5.32 Å². The van der Waals surface area contributed by atoms with Gasteiger partial charge in [0.15, 0.2) is 11.5 Å². The molecule has 2 amide bonds. The van der Waals surface area contributed by atoms with Crippen LogP contribution in [0.3, 0.4) is 0 Å². The Kier molecular flexibility index (Phi) is 7.57. The van der Waals surface area contributed by atoms with Crippen molar-refractivity contribution in [2.24, 2.45) is 5.92 Å². The number of carbonyl (C=O) groups excluding carboxylic acids is 3. The molecule has 0 aromatic heterocycles. The van der Waals surface area contributed by atoms with E-state index in [9.17, 15) is 14.4 Å². The molecular weight excluding hydrogens is 396 g/mol. The lowest BCUT2D eigenvalue weighted by Crippen LogP contribution is -2.46. The van der Waals surface area contributed by atoms with Crippen LogP contribution in [0, 0.1) is 5.92 Å². The number of carbonyl (C=O) groups is 3. The molecule has 0 spiro atoms. The van der Waals surface area contributed by atoms with Gasteiger partial charge in [-0.15, -0.1) is 0 Å². The van der Waals surface area contributed by atoms with Crippen LogP contribution in [-0.2, 0) is 20.8 Å². The third-order valence-electron chi connectivity index (χ3n) is 6.62. The van der Waals surface area contributed by atoms with E-state index >= 15 is 0 Å². The Morgan fingerprint density at radius 2 is 2.00 bits per heavy atom. The molecule has 7 heteroatoms. The second-order valence-electron chi connectivity index (χ2n) is 8.69. The Morgan fingerprint density at radius 1 is 1.23 bits per heavy atom. The summed E-state index contributed by atoms with van der Waals surface area (Å²) in [5.74, 6) is 1.61. The number of Topliss-reactive ketones (excluding diaryl/α,β-unsaturated/α-hetero) is 1. The van der Waals surface area contributed by atoms with Gasteiger partial charge in [0.25, 0.3) is 0 Å². The van der Waals surface area contributed by atoms with Crippen LogP contribution in [0.5, 0.6) is 11.5 Å². The van der Waals surface area contributed by atoms with Crippen molar-refractivity contribution in [2.75, 3.05) is 27.3 Å². The lowest BCUT2D eigenvalue weighted by molar-refractivity contribution is -0.135. The van der Waals surface area contributed by atoms with Gasteiger partial charge in [-0.25, -0.2) is 0 Å². The number of nitrogens with zero attached hydrogens (tertiary/aromatic N) is 1. The fourth-order valence-corrected chi connectivity index (χ4v) is 4.82. The van der Waals surface area contributed by atoms with Crippen LogP contribution in [0.15, 0.2) is 18.2 Å². The van der Waals surface area contributed by atoms with Crippen molar-refractivity contribution in [3.05, 3.63) is 23.8 Å². The molecule has 1 aromatic carbocycles. The molecule has 2 atom stereocenters. The van der Waals surface area contributed by atoms with Crippen LogP contribution in [0.1, 0.15) is 57.4 Å². The van der Waals surface area contributed by atoms with Crippen LogP contribution in [-0.4, -0.2) is 55.3 Å². The third-order valence-corrected chi connectivity index (χ3v) is 6.62. The number of hydrogen-bond donors (Lipinski definition) is 1. The average molecular weight is 431 g/mol. The first-order valence-corrected chi connectivity index (χ1v) is 11.2. The fraction of sp³-hybridized carbons (Fsp3) is 0.625. The molecule has 170 valence electrons. The quantitative estimate of drug-likeness (QED) is 0.651. The largest absolute Gasteiger partial charge is 0.493 e. The minimum Gasteiger partial charge on any atom is -0.493 e.